The van der Waals surface area contributed by atoms with Crippen LogP contribution in [-0.4, -0.2) is 33.5 Å². The first-order valence-electron chi connectivity index (χ1n) is 6.38. The highest BCUT2D eigenvalue weighted by Crippen LogP contribution is 2.24. The molecule has 0 saturated carbocycles. The summed E-state index contributed by atoms with van der Waals surface area (Å²) in [4.78, 5) is 0.355. The van der Waals surface area contributed by atoms with E-state index < -0.39 is 10.0 Å². The maximum Gasteiger partial charge on any atom is 0.240 e. The van der Waals surface area contributed by atoms with Crippen molar-refractivity contribution >= 4 is 26.0 Å². The highest BCUT2D eigenvalue weighted by atomic mass is 79.9. The number of sulfonamides is 1. The van der Waals surface area contributed by atoms with Crippen LogP contribution in [0, 0.1) is 0 Å². The lowest BCUT2D eigenvalue weighted by Crippen LogP contribution is -2.27. The van der Waals surface area contributed by atoms with E-state index in [0.29, 0.717) is 24.7 Å². The second-order valence-electron chi connectivity index (χ2n) is 4.48. The minimum atomic E-state index is -3.41. The first-order chi connectivity index (χ1) is 9.13. The Morgan fingerprint density at radius 2 is 2.00 bits per heavy atom. The normalized spacial score (nSPS) is 14.6. The molecule has 106 valence electrons. The molecule has 1 aromatic carbocycles. The third kappa shape index (κ3) is 4.02. The van der Waals surface area contributed by atoms with Crippen LogP contribution >= 0.6 is 15.9 Å². The van der Waals surface area contributed by atoms with E-state index >= 15 is 0 Å². The smallest absolute Gasteiger partial charge is 0.240 e. The molecule has 1 N–H and O–H groups in total. The third-order valence-electron chi connectivity index (χ3n) is 3.14. The van der Waals surface area contributed by atoms with Gasteiger partial charge in [0.2, 0.25) is 10.0 Å². The SMILES string of the molecule is O=S(=O)(NCCOCCBr)c1ccc2c(c1)CCC2. The van der Waals surface area contributed by atoms with Crippen molar-refractivity contribution in [3.8, 4) is 0 Å². The number of halogens is 1. The Morgan fingerprint density at radius 3 is 2.79 bits per heavy atom. The zero-order valence-corrected chi connectivity index (χ0v) is 13.1. The lowest BCUT2D eigenvalue weighted by atomic mass is 10.1. The van der Waals surface area contributed by atoms with Crippen LogP contribution in [0.15, 0.2) is 23.1 Å². The van der Waals surface area contributed by atoms with Crippen molar-refractivity contribution in [1.82, 2.24) is 4.72 Å². The van der Waals surface area contributed by atoms with Crippen molar-refractivity contribution in [3.05, 3.63) is 29.3 Å². The number of benzene rings is 1. The van der Waals surface area contributed by atoms with Gasteiger partial charge in [-0.05, 0) is 42.5 Å². The first-order valence-corrected chi connectivity index (χ1v) is 8.99. The molecule has 1 aromatic rings. The van der Waals surface area contributed by atoms with Gasteiger partial charge in [-0.3, -0.25) is 0 Å². The summed E-state index contributed by atoms with van der Waals surface area (Å²) >= 11 is 3.24. The van der Waals surface area contributed by atoms with E-state index in [1.54, 1.807) is 12.1 Å². The topological polar surface area (TPSA) is 55.4 Å². The maximum absolute atomic E-state index is 12.1. The van der Waals surface area contributed by atoms with Gasteiger partial charge < -0.3 is 4.74 Å². The van der Waals surface area contributed by atoms with Gasteiger partial charge in [-0.1, -0.05) is 22.0 Å². The second-order valence-corrected chi connectivity index (χ2v) is 7.04. The summed E-state index contributed by atoms with van der Waals surface area (Å²) in [5, 5.41) is 0.755. The van der Waals surface area contributed by atoms with E-state index in [-0.39, 0.29) is 0 Å². The second kappa shape index (κ2) is 6.83. The monoisotopic (exact) mass is 347 g/mol. The van der Waals surface area contributed by atoms with Crippen LogP contribution < -0.4 is 4.72 Å². The van der Waals surface area contributed by atoms with Gasteiger partial charge in [0.15, 0.2) is 0 Å². The van der Waals surface area contributed by atoms with E-state index in [0.717, 1.165) is 24.6 Å². The van der Waals surface area contributed by atoms with Crippen molar-refractivity contribution in [3.63, 3.8) is 0 Å². The van der Waals surface area contributed by atoms with Crippen molar-refractivity contribution in [2.24, 2.45) is 0 Å². The Kier molecular flexibility index (Phi) is 5.38. The van der Waals surface area contributed by atoms with E-state index in [1.807, 2.05) is 6.07 Å². The van der Waals surface area contributed by atoms with Crippen LogP contribution in [0.1, 0.15) is 17.5 Å². The van der Waals surface area contributed by atoms with Crippen LogP contribution in [0.2, 0.25) is 0 Å². The highest BCUT2D eigenvalue weighted by molar-refractivity contribution is 9.09. The molecule has 0 unspecified atom stereocenters. The molecule has 0 bridgehead atoms. The van der Waals surface area contributed by atoms with Crippen LogP contribution in [0.25, 0.3) is 0 Å². The Morgan fingerprint density at radius 1 is 1.21 bits per heavy atom. The van der Waals surface area contributed by atoms with Crippen LogP contribution in [0.3, 0.4) is 0 Å². The van der Waals surface area contributed by atoms with E-state index in [1.165, 1.54) is 11.1 Å². The fraction of sp³-hybridized carbons (Fsp3) is 0.538. The third-order valence-corrected chi connectivity index (χ3v) is 4.92. The number of rotatable bonds is 7. The van der Waals surface area contributed by atoms with E-state index in [2.05, 4.69) is 20.7 Å². The molecule has 0 fully saturated rings. The molecule has 0 radical (unpaired) electrons. The average molecular weight is 348 g/mol. The molecule has 19 heavy (non-hydrogen) atoms. The Bertz CT molecular complexity index is 531. The molecule has 0 spiro atoms. The number of alkyl halides is 1. The van der Waals surface area contributed by atoms with Gasteiger partial charge >= 0.3 is 0 Å². The zero-order valence-electron chi connectivity index (χ0n) is 10.7. The summed E-state index contributed by atoms with van der Waals surface area (Å²) in [6, 6.07) is 5.41. The molecule has 1 aliphatic rings. The number of ether oxygens (including phenoxy) is 1. The fourth-order valence-corrected chi connectivity index (χ4v) is 3.50. The number of fused-ring (bicyclic) bond motifs is 1. The summed E-state index contributed by atoms with van der Waals surface area (Å²) in [7, 11) is -3.41. The molecule has 1 aliphatic carbocycles. The average Bonchev–Trinajstić information content (AvgIpc) is 2.85. The molecular weight excluding hydrogens is 330 g/mol. The molecule has 0 aromatic heterocycles. The van der Waals surface area contributed by atoms with Gasteiger partial charge in [0.05, 0.1) is 18.1 Å². The maximum atomic E-state index is 12.1. The van der Waals surface area contributed by atoms with Gasteiger partial charge in [-0.15, -0.1) is 0 Å². The molecular formula is C13H18BrNO3S. The van der Waals surface area contributed by atoms with Crippen molar-refractivity contribution in [2.45, 2.75) is 24.2 Å². The van der Waals surface area contributed by atoms with Gasteiger partial charge in [-0.25, -0.2) is 13.1 Å². The molecule has 0 amide bonds. The predicted molar refractivity (Wildman–Crippen MR) is 78.3 cm³/mol. The molecule has 0 aliphatic heterocycles. The number of nitrogens with one attached hydrogen (secondary N) is 1. The van der Waals surface area contributed by atoms with Crippen LogP contribution in [-0.2, 0) is 27.6 Å². The van der Waals surface area contributed by atoms with Crippen molar-refractivity contribution in [1.29, 1.82) is 0 Å². The Balaban J connectivity index is 1.95. The number of hydrogen-bond acceptors (Lipinski definition) is 3. The van der Waals surface area contributed by atoms with Crippen LogP contribution in [0.5, 0.6) is 0 Å². The van der Waals surface area contributed by atoms with E-state index in [9.17, 15) is 8.42 Å². The van der Waals surface area contributed by atoms with Gasteiger partial charge in [0.25, 0.3) is 0 Å². The van der Waals surface area contributed by atoms with Crippen LogP contribution in [0.4, 0.5) is 0 Å². The molecule has 0 saturated heterocycles. The standard InChI is InChI=1S/C13H18BrNO3S/c14-6-8-18-9-7-15-19(16,17)13-5-4-11-2-1-3-12(11)10-13/h4-5,10,15H,1-3,6-9H2. The Labute approximate surface area is 122 Å². The minimum absolute atomic E-state index is 0.298. The van der Waals surface area contributed by atoms with Gasteiger partial charge in [-0.2, -0.15) is 0 Å². The quantitative estimate of drug-likeness (QED) is 0.605. The summed E-state index contributed by atoms with van der Waals surface area (Å²) in [6.45, 7) is 1.27. The summed E-state index contributed by atoms with van der Waals surface area (Å²) in [5.41, 5.74) is 2.44. The summed E-state index contributed by atoms with van der Waals surface area (Å²) in [6.07, 6.45) is 3.16. The molecule has 0 atom stereocenters. The summed E-state index contributed by atoms with van der Waals surface area (Å²) in [5.74, 6) is 0. The van der Waals surface area contributed by atoms with Gasteiger partial charge in [0.1, 0.15) is 0 Å². The Hall–Kier alpha value is -0.430. The highest BCUT2D eigenvalue weighted by Gasteiger charge is 2.17. The summed E-state index contributed by atoms with van der Waals surface area (Å²) < 4.78 is 31.9. The van der Waals surface area contributed by atoms with Crippen molar-refractivity contribution < 1.29 is 13.2 Å². The molecule has 0 heterocycles. The molecule has 4 nitrogen and oxygen atoms in total. The fourth-order valence-electron chi connectivity index (χ4n) is 2.20. The predicted octanol–water partition coefficient (Wildman–Crippen LogP) is 1.87. The van der Waals surface area contributed by atoms with Gasteiger partial charge in [0, 0.05) is 11.9 Å². The number of hydrogen-bond donors (Lipinski definition) is 1. The minimum Gasteiger partial charge on any atom is -0.379 e. The first kappa shape index (κ1) is 15.0. The number of aryl methyl sites for hydroxylation is 2. The zero-order chi connectivity index (χ0) is 13.7. The lowest BCUT2D eigenvalue weighted by Gasteiger charge is -2.08. The molecule has 2 rings (SSSR count). The molecule has 6 heteroatoms. The van der Waals surface area contributed by atoms with E-state index in [4.69, 9.17) is 4.74 Å². The largest absolute Gasteiger partial charge is 0.379 e. The lowest BCUT2D eigenvalue weighted by molar-refractivity contribution is 0.156. The van der Waals surface area contributed by atoms with Crippen molar-refractivity contribution in [2.75, 3.05) is 25.1 Å².